The zero-order chi connectivity index (χ0) is 38.0. The van der Waals surface area contributed by atoms with Crippen molar-refractivity contribution >= 4 is 52.4 Å². The smallest absolute Gasteiger partial charge is 0.303 e. The fourth-order valence-corrected chi connectivity index (χ4v) is 9.97. The van der Waals surface area contributed by atoms with Crippen molar-refractivity contribution in [1.29, 1.82) is 0 Å². The zero-order valence-electron chi connectivity index (χ0n) is 32.2. The Morgan fingerprint density at radius 1 is 0.907 bits per heavy atom. The SMILES string of the molecule is C1CCC(NC2CCCCC2)CC1.CC(C)(O)c1ccccc1CC[C@H](SCC1(CC(=O)O)CC1)c1cccc(/C=C/c2ccc3ccc(Cl)cc3n2)c1. The summed E-state index contributed by atoms with van der Waals surface area (Å²) < 4.78 is 0. The first kappa shape index (κ1) is 40.5. The predicted molar refractivity (Wildman–Crippen MR) is 228 cm³/mol. The van der Waals surface area contributed by atoms with Crippen molar-refractivity contribution < 1.29 is 15.0 Å². The second kappa shape index (κ2) is 19.1. The van der Waals surface area contributed by atoms with Gasteiger partial charge in [0.05, 0.1) is 23.2 Å². The summed E-state index contributed by atoms with van der Waals surface area (Å²) in [6.45, 7) is 3.66. The molecule has 0 unspecified atom stereocenters. The molecule has 1 atom stereocenters. The molecule has 3 aliphatic rings. The highest BCUT2D eigenvalue weighted by Crippen LogP contribution is 2.53. The molecule has 5 nitrogen and oxygen atoms in total. The van der Waals surface area contributed by atoms with Gasteiger partial charge >= 0.3 is 5.97 Å². The Morgan fingerprint density at radius 2 is 1.59 bits per heavy atom. The van der Waals surface area contributed by atoms with Crippen molar-refractivity contribution in [3.63, 3.8) is 0 Å². The Balaban J connectivity index is 0.000000321. The van der Waals surface area contributed by atoms with Crippen LogP contribution in [0.25, 0.3) is 23.1 Å². The molecule has 0 radical (unpaired) electrons. The maximum Gasteiger partial charge on any atom is 0.303 e. The minimum Gasteiger partial charge on any atom is -0.481 e. The molecule has 288 valence electrons. The molecule has 54 heavy (non-hydrogen) atoms. The van der Waals surface area contributed by atoms with E-state index in [0.717, 1.165) is 76.8 Å². The van der Waals surface area contributed by atoms with E-state index in [9.17, 15) is 15.0 Å². The van der Waals surface area contributed by atoms with Gasteiger partial charge in [0.15, 0.2) is 0 Å². The lowest BCUT2D eigenvalue weighted by molar-refractivity contribution is -0.138. The van der Waals surface area contributed by atoms with E-state index in [1.807, 2.05) is 74.1 Å². The summed E-state index contributed by atoms with van der Waals surface area (Å²) >= 11 is 8.04. The summed E-state index contributed by atoms with van der Waals surface area (Å²) in [7, 11) is 0. The van der Waals surface area contributed by atoms with Gasteiger partial charge < -0.3 is 15.5 Å². The number of aromatic nitrogens is 1. The van der Waals surface area contributed by atoms with Gasteiger partial charge in [-0.05, 0) is 117 Å². The summed E-state index contributed by atoms with van der Waals surface area (Å²) in [6.07, 6.45) is 22.6. The normalized spacial score (nSPS) is 18.3. The Morgan fingerprint density at radius 3 is 2.26 bits per heavy atom. The number of aryl methyl sites for hydroxylation is 1. The van der Waals surface area contributed by atoms with Crippen LogP contribution in [0.1, 0.15) is 137 Å². The number of aliphatic carboxylic acids is 1. The number of hydrogen-bond acceptors (Lipinski definition) is 5. The van der Waals surface area contributed by atoms with Crippen LogP contribution in [-0.4, -0.2) is 39.0 Å². The zero-order valence-corrected chi connectivity index (χ0v) is 33.8. The molecule has 3 aromatic carbocycles. The summed E-state index contributed by atoms with van der Waals surface area (Å²) in [6, 6.07) is 28.2. The van der Waals surface area contributed by atoms with E-state index in [0.29, 0.717) is 5.02 Å². The number of aliphatic hydroxyl groups is 1. The fraction of sp³-hybridized carbons (Fsp3) is 0.489. The van der Waals surface area contributed by atoms with Crippen molar-refractivity contribution in [3.05, 3.63) is 112 Å². The van der Waals surface area contributed by atoms with Crippen LogP contribution < -0.4 is 5.32 Å². The predicted octanol–water partition coefficient (Wildman–Crippen LogP) is 12.2. The number of benzene rings is 3. The molecule has 4 aromatic rings. The lowest BCUT2D eigenvalue weighted by Crippen LogP contribution is -2.40. The average Bonchev–Trinajstić information content (AvgIpc) is 3.93. The van der Waals surface area contributed by atoms with Gasteiger partial charge in [-0.15, -0.1) is 0 Å². The summed E-state index contributed by atoms with van der Waals surface area (Å²) in [5.41, 5.74) is 5.15. The number of fused-ring (bicyclic) bond motifs is 1. The molecular weight excluding hydrogens is 708 g/mol. The van der Waals surface area contributed by atoms with Crippen molar-refractivity contribution in [2.75, 3.05) is 5.75 Å². The Labute approximate surface area is 332 Å². The quantitative estimate of drug-likeness (QED) is 0.119. The van der Waals surface area contributed by atoms with Crippen LogP contribution in [0.5, 0.6) is 0 Å². The molecule has 0 spiro atoms. The number of thioether (sulfide) groups is 1. The largest absolute Gasteiger partial charge is 0.481 e. The molecule has 0 bridgehead atoms. The first-order valence-electron chi connectivity index (χ1n) is 20.3. The van der Waals surface area contributed by atoms with Gasteiger partial charge in [0.1, 0.15) is 0 Å². The maximum atomic E-state index is 11.5. The number of nitrogens with one attached hydrogen (secondary N) is 1. The van der Waals surface area contributed by atoms with Gasteiger partial charge in [-0.25, -0.2) is 4.98 Å². The van der Waals surface area contributed by atoms with Crippen LogP contribution in [0, 0.1) is 5.41 Å². The van der Waals surface area contributed by atoms with Gasteiger partial charge in [0, 0.05) is 33.5 Å². The Bertz CT molecular complexity index is 1840. The van der Waals surface area contributed by atoms with Crippen molar-refractivity contribution in [2.24, 2.45) is 5.41 Å². The van der Waals surface area contributed by atoms with Gasteiger partial charge in [-0.2, -0.15) is 11.8 Å². The van der Waals surface area contributed by atoms with Gasteiger partial charge in [0.25, 0.3) is 0 Å². The standard InChI is InChI=1S/C35H36ClNO3S.C12H23N/c1-34(2,40)30-9-4-3-7-25(30)13-17-32(41-23-35(18-19-35)22-33(38)39)27-8-5-6-24(20-27)10-15-29-16-12-26-11-14-28(36)21-31(26)37-29;1-3-7-11(8-4-1)13-12-9-5-2-6-10-12/h3-12,14-16,20-21,32,40H,13,17-19,22-23H2,1-2H3,(H,38,39);11-13H,1-10H2/b15-10+;/t32-;/m0./s1. The Hall–Kier alpha value is -3.16. The van der Waals surface area contributed by atoms with Crippen LogP contribution in [-0.2, 0) is 16.8 Å². The third-order valence-corrected chi connectivity index (χ3v) is 13.4. The van der Waals surface area contributed by atoms with Gasteiger partial charge in [-0.1, -0.05) is 117 Å². The number of nitrogens with zero attached hydrogens (tertiary/aromatic N) is 1. The molecule has 1 heterocycles. The minimum absolute atomic E-state index is 0.0814. The number of pyridine rings is 1. The molecule has 3 fully saturated rings. The van der Waals surface area contributed by atoms with Crippen LogP contribution >= 0.6 is 23.4 Å². The third-order valence-electron chi connectivity index (χ3n) is 11.5. The second-order valence-corrected chi connectivity index (χ2v) is 18.2. The van der Waals surface area contributed by atoms with E-state index in [1.54, 1.807) is 0 Å². The van der Waals surface area contributed by atoms with Gasteiger partial charge in [0.2, 0.25) is 0 Å². The Kier molecular flexibility index (Phi) is 14.3. The second-order valence-electron chi connectivity index (χ2n) is 16.5. The number of carbonyl (C=O) groups is 1. The van der Waals surface area contributed by atoms with Crippen LogP contribution in [0.3, 0.4) is 0 Å². The van der Waals surface area contributed by atoms with Crippen LogP contribution in [0.2, 0.25) is 5.02 Å². The average molecular weight is 768 g/mol. The van der Waals surface area contributed by atoms with E-state index in [2.05, 4.69) is 47.8 Å². The molecule has 0 saturated heterocycles. The molecular formula is C47H59ClN2O3S. The number of rotatable bonds is 14. The molecule has 3 aliphatic carbocycles. The van der Waals surface area contributed by atoms with Crippen molar-refractivity contribution in [1.82, 2.24) is 10.3 Å². The minimum atomic E-state index is -0.911. The monoisotopic (exact) mass is 766 g/mol. The van der Waals surface area contributed by atoms with Crippen molar-refractivity contribution in [2.45, 2.75) is 133 Å². The first-order chi connectivity index (χ1) is 26.0. The molecule has 7 heteroatoms. The molecule has 3 saturated carbocycles. The van der Waals surface area contributed by atoms with E-state index in [-0.39, 0.29) is 17.1 Å². The lowest BCUT2D eigenvalue weighted by Gasteiger charge is -2.30. The van der Waals surface area contributed by atoms with E-state index < -0.39 is 11.6 Å². The van der Waals surface area contributed by atoms with E-state index in [1.165, 1.54) is 69.8 Å². The summed E-state index contributed by atoms with van der Waals surface area (Å²) in [5.74, 6) is 0.122. The van der Waals surface area contributed by atoms with Crippen LogP contribution in [0.15, 0.2) is 78.9 Å². The molecule has 0 amide bonds. The highest BCUT2D eigenvalue weighted by Gasteiger charge is 2.44. The lowest BCUT2D eigenvalue weighted by atomic mass is 9.90. The number of carboxylic acid groups (broad SMARTS) is 1. The third kappa shape index (κ3) is 12.2. The van der Waals surface area contributed by atoms with E-state index in [4.69, 9.17) is 16.6 Å². The highest BCUT2D eigenvalue weighted by molar-refractivity contribution is 7.99. The summed E-state index contributed by atoms with van der Waals surface area (Å²) in [5, 5.41) is 26.0. The van der Waals surface area contributed by atoms with Crippen LogP contribution in [0.4, 0.5) is 0 Å². The van der Waals surface area contributed by atoms with Gasteiger partial charge in [-0.3, -0.25) is 4.79 Å². The number of carboxylic acids is 1. The topological polar surface area (TPSA) is 82.5 Å². The summed E-state index contributed by atoms with van der Waals surface area (Å²) in [4.78, 5) is 16.2. The maximum absolute atomic E-state index is 11.5. The highest BCUT2D eigenvalue weighted by atomic mass is 35.5. The fourth-order valence-electron chi connectivity index (χ4n) is 8.23. The molecule has 1 aromatic heterocycles. The molecule has 3 N–H and O–H groups in total. The number of halogens is 1. The van der Waals surface area contributed by atoms with Crippen molar-refractivity contribution in [3.8, 4) is 0 Å². The number of hydrogen-bond donors (Lipinski definition) is 3. The van der Waals surface area contributed by atoms with E-state index >= 15 is 0 Å². The molecule has 7 rings (SSSR count). The first-order valence-corrected chi connectivity index (χ1v) is 21.7. The molecule has 0 aliphatic heterocycles.